The van der Waals surface area contributed by atoms with Crippen molar-refractivity contribution in [3.8, 4) is 12.1 Å². The zero-order valence-electron chi connectivity index (χ0n) is 24.0. The molecule has 0 aliphatic heterocycles. The van der Waals surface area contributed by atoms with Gasteiger partial charge in [0.05, 0.1) is 34.4 Å². The van der Waals surface area contributed by atoms with Crippen molar-refractivity contribution in [2.24, 2.45) is 0 Å². The number of rotatable bonds is 4. The smallest absolute Gasteiger partial charge is 0.322 e. The second-order valence-corrected chi connectivity index (χ2v) is 9.72. The Balaban J connectivity index is 0.000000246. The Morgan fingerprint density at radius 1 is 0.667 bits per heavy atom. The van der Waals surface area contributed by atoms with E-state index in [2.05, 4.69) is 5.32 Å². The maximum Gasteiger partial charge on any atom is 0.416 e. The molecule has 45 heavy (non-hydrogen) atoms. The highest BCUT2D eigenvalue weighted by Gasteiger charge is 2.31. The number of nitrogens with one attached hydrogen (secondary N) is 1. The molecule has 12 heteroatoms. The Kier molecular flexibility index (Phi) is 10.4. The van der Waals surface area contributed by atoms with Crippen LogP contribution in [0.2, 0.25) is 0 Å². The van der Waals surface area contributed by atoms with Crippen molar-refractivity contribution in [3.05, 3.63) is 129 Å². The molecule has 4 aromatic rings. The van der Waals surface area contributed by atoms with Crippen molar-refractivity contribution in [1.82, 2.24) is 0 Å². The van der Waals surface area contributed by atoms with Gasteiger partial charge in [-0.2, -0.15) is 36.9 Å². The zero-order valence-corrected chi connectivity index (χ0v) is 24.0. The Morgan fingerprint density at radius 2 is 1.09 bits per heavy atom. The summed E-state index contributed by atoms with van der Waals surface area (Å²) in [6.07, 6.45) is -8.82. The number of amides is 2. The van der Waals surface area contributed by atoms with E-state index in [1.165, 1.54) is 54.4 Å². The Bertz CT molecular complexity index is 1780. The number of carbonyl (C=O) groups is 2. The molecule has 0 saturated heterocycles. The quantitative estimate of drug-likeness (QED) is 0.232. The van der Waals surface area contributed by atoms with Gasteiger partial charge in [-0.15, -0.1) is 0 Å². The molecule has 0 unspecified atom stereocenters. The number of benzene rings is 4. The lowest BCUT2D eigenvalue weighted by Crippen LogP contribution is -2.26. The van der Waals surface area contributed by atoms with Crippen LogP contribution in [0, 0.1) is 36.5 Å². The largest absolute Gasteiger partial charge is 0.416 e. The first-order chi connectivity index (χ1) is 21.0. The molecule has 230 valence electrons. The van der Waals surface area contributed by atoms with Crippen LogP contribution < -0.4 is 10.2 Å². The van der Waals surface area contributed by atoms with Crippen LogP contribution in [0.15, 0.2) is 84.9 Å². The van der Waals surface area contributed by atoms with E-state index in [1.54, 1.807) is 32.0 Å². The average molecular weight is 623 g/mol. The first-order valence-electron chi connectivity index (χ1n) is 13.0. The standard InChI is InChI=1S/C17H13F3N2O.C16H11F3N2O/c1-11-9-12(3-4-13(11)10-21)16(23)22(2)15-7-5-14(6-8-15)17(18,19)20;1-10-8-11(2-3-12(10)9-20)15(22)21-14-6-4-13(5-7-14)16(17,18)19/h3-9H,1-2H3;2-8H,1H3,(H,21,22). The topological polar surface area (TPSA) is 97.0 Å². The van der Waals surface area contributed by atoms with Crippen molar-refractivity contribution in [2.75, 3.05) is 17.3 Å². The molecule has 0 aliphatic carbocycles. The lowest BCUT2D eigenvalue weighted by atomic mass is 10.1. The SMILES string of the molecule is Cc1cc(C(=O)N(C)c2ccc(C(F)(F)F)cc2)ccc1C#N.Cc1cc(C(=O)Nc2ccc(C(F)(F)F)cc2)ccc1C#N. The van der Waals surface area contributed by atoms with Crippen molar-refractivity contribution < 1.29 is 35.9 Å². The monoisotopic (exact) mass is 622 g/mol. The van der Waals surface area contributed by atoms with Gasteiger partial charge in [0, 0.05) is 29.5 Å². The van der Waals surface area contributed by atoms with Gasteiger partial charge in [-0.05, 0) is 110 Å². The lowest BCUT2D eigenvalue weighted by molar-refractivity contribution is -0.138. The summed E-state index contributed by atoms with van der Waals surface area (Å²) >= 11 is 0. The highest BCUT2D eigenvalue weighted by atomic mass is 19.4. The van der Waals surface area contributed by atoms with Gasteiger partial charge in [0.1, 0.15) is 0 Å². The van der Waals surface area contributed by atoms with Crippen molar-refractivity contribution in [1.29, 1.82) is 10.5 Å². The van der Waals surface area contributed by atoms with Crippen LogP contribution in [-0.2, 0) is 12.4 Å². The van der Waals surface area contributed by atoms with Crippen molar-refractivity contribution in [3.63, 3.8) is 0 Å². The van der Waals surface area contributed by atoms with E-state index in [4.69, 9.17) is 10.5 Å². The van der Waals surface area contributed by atoms with E-state index in [0.717, 1.165) is 24.3 Å². The Labute approximate surface area is 254 Å². The number of aryl methyl sites for hydroxylation is 2. The number of hydrogen-bond donors (Lipinski definition) is 1. The molecular formula is C33H24F6N4O2. The van der Waals surface area contributed by atoms with Crippen LogP contribution in [0.1, 0.15) is 54.1 Å². The van der Waals surface area contributed by atoms with E-state index in [-0.39, 0.29) is 11.6 Å². The number of anilines is 2. The van der Waals surface area contributed by atoms with Gasteiger partial charge in [-0.1, -0.05) is 0 Å². The minimum Gasteiger partial charge on any atom is -0.322 e. The van der Waals surface area contributed by atoms with Gasteiger partial charge < -0.3 is 10.2 Å². The third kappa shape index (κ3) is 8.71. The number of alkyl halides is 6. The van der Waals surface area contributed by atoms with Crippen LogP contribution in [0.25, 0.3) is 0 Å². The summed E-state index contributed by atoms with van der Waals surface area (Å²) in [6, 6.07) is 21.8. The van der Waals surface area contributed by atoms with Crippen LogP contribution in [0.5, 0.6) is 0 Å². The molecular weight excluding hydrogens is 598 g/mol. The van der Waals surface area contributed by atoms with Gasteiger partial charge in [0.15, 0.2) is 0 Å². The molecule has 0 spiro atoms. The van der Waals surface area contributed by atoms with Crippen molar-refractivity contribution in [2.45, 2.75) is 26.2 Å². The second-order valence-electron chi connectivity index (χ2n) is 9.72. The summed E-state index contributed by atoms with van der Waals surface area (Å²) in [4.78, 5) is 25.7. The van der Waals surface area contributed by atoms with Crippen LogP contribution in [0.4, 0.5) is 37.7 Å². The van der Waals surface area contributed by atoms with Gasteiger partial charge in [0.2, 0.25) is 0 Å². The number of nitriles is 2. The van der Waals surface area contributed by atoms with Crippen LogP contribution >= 0.6 is 0 Å². The lowest BCUT2D eigenvalue weighted by Gasteiger charge is -2.18. The van der Waals surface area contributed by atoms with E-state index in [9.17, 15) is 35.9 Å². The molecule has 0 bridgehead atoms. The highest BCUT2D eigenvalue weighted by Crippen LogP contribution is 2.31. The van der Waals surface area contributed by atoms with E-state index in [1.807, 2.05) is 12.1 Å². The summed E-state index contributed by atoms with van der Waals surface area (Å²) in [5.41, 5.74) is 2.02. The van der Waals surface area contributed by atoms with Crippen LogP contribution in [-0.4, -0.2) is 18.9 Å². The average Bonchev–Trinajstić information content (AvgIpc) is 3.00. The molecule has 0 atom stereocenters. The fourth-order valence-corrected chi connectivity index (χ4v) is 3.98. The number of hydrogen-bond acceptors (Lipinski definition) is 4. The summed E-state index contributed by atoms with van der Waals surface area (Å²) in [5, 5.41) is 20.2. The molecule has 2 amide bonds. The maximum atomic E-state index is 12.6. The first kappa shape index (κ1) is 33.9. The normalized spacial score (nSPS) is 10.9. The first-order valence-corrected chi connectivity index (χ1v) is 13.0. The zero-order chi connectivity index (χ0) is 33.5. The summed E-state index contributed by atoms with van der Waals surface area (Å²) in [6.45, 7) is 3.42. The minimum atomic E-state index is -4.41. The molecule has 4 aromatic carbocycles. The molecule has 6 nitrogen and oxygen atoms in total. The predicted molar refractivity (Wildman–Crippen MR) is 155 cm³/mol. The third-order valence-corrected chi connectivity index (χ3v) is 6.56. The molecule has 0 radical (unpaired) electrons. The van der Waals surface area contributed by atoms with E-state index >= 15 is 0 Å². The molecule has 0 aromatic heterocycles. The molecule has 1 N–H and O–H groups in total. The van der Waals surface area contributed by atoms with Crippen molar-refractivity contribution >= 4 is 23.2 Å². The van der Waals surface area contributed by atoms with Crippen LogP contribution in [0.3, 0.4) is 0 Å². The predicted octanol–water partition coefficient (Wildman–Crippen LogP) is 8.30. The van der Waals surface area contributed by atoms with Gasteiger partial charge in [-0.3, -0.25) is 9.59 Å². The number of nitrogens with zero attached hydrogens (tertiary/aromatic N) is 3. The van der Waals surface area contributed by atoms with Gasteiger partial charge in [0.25, 0.3) is 11.8 Å². The van der Waals surface area contributed by atoms with E-state index < -0.39 is 29.4 Å². The second kappa shape index (κ2) is 13.8. The fraction of sp³-hybridized carbons (Fsp3) is 0.152. The minimum absolute atomic E-state index is 0.264. The molecule has 0 saturated carbocycles. The maximum absolute atomic E-state index is 12.6. The number of halogens is 6. The molecule has 4 rings (SSSR count). The highest BCUT2D eigenvalue weighted by molar-refractivity contribution is 6.06. The summed E-state index contributed by atoms with van der Waals surface area (Å²) < 4.78 is 75.0. The molecule has 0 aliphatic rings. The molecule has 0 fully saturated rings. The molecule has 0 heterocycles. The summed E-state index contributed by atoms with van der Waals surface area (Å²) in [7, 11) is 1.48. The Morgan fingerprint density at radius 3 is 1.51 bits per heavy atom. The van der Waals surface area contributed by atoms with Gasteiger partial charge >= 0.3 is 12.4 Å². The van der Waals surface area contributed by atoms with Gasteiger partial charge in [-0.25, -0.2) is 0 Å². The Hall–Kier alpha value is -5.62. The fourth-order valence-electron chi connectivity index (χ4n) is 3.98. The third-order valence-electron chi connectivity index (χ3n) is 6.56. The number of carbonyl (C=O) groups excluding carboxylic acids is 2. The summed E-state index contributed by atoms with van der Waals surface area (Å²) in [5.74, 6) is -0.815. The van der Waals surface area contributed by atoms with E-state index in [0.29, 0.717) is 39.1 Å².